The highest BCUT2D eigenvalue weighted by atomic mass is 35.5. The molecule has 0 N–H and O–H groups in total. The molecule has 3 aromatic rings. The van der Waals surface area contributed by atoms with Crippen LogP contribution in [0.5, 0.6) is 0 Å². The smallest absolute Gasteiger partial charge is 0.282 e. The molecule has 1 aliphatic heterocycles. The number of thiophene rings is 1. The number of halogens is 2. The molecule has 4 rings (SSSR count). The van der Waals surface area contributed by atoms with E-state index < -0.39 is 5.91 Å². The minimum absolute atomic E-state index is 0.356. The van der Waals surface area contributed by atoms with Gasteiger partial charge in [-0.2, -0.15) is 0 Å². The summed E-state index contributed by atoms with van der Waals surface area (Å²) in [5.74, 6) is -0.777. The Hall–Kier alpha value is -2.60. The summed E-state index contributed by atoms with van der Waals surface area (Å²) in [5, 5.41) is 2.60. The first-order chi connectivity index (χ1) is 14.0. The van der Waals surface area contributed by atoms with Crippen LogP contribution in [0.4, 0.5) is 5.69 Å². The van der Waals surface area contributed by atoms with Gasteiger partial charge in [0, 0.05) is 28.5 Å². The van der Waals surface area contributed by atoms with Crippen molar-refractivity contribution in [2.45, 2.75) is 6.54 Å². The van der Waals surface area contributed by atoms with Crippen molar-refractivity contribution in [1.82, 2.24) is 4.90 Å². The fourth-order valence-electron chi connectivity index (χ4n) is 3.35. The third-order valence-electron chi connectivity index (χ3n) is 4.58. The first-order valence-corrected chi connectivity index (χ1v) is 10.5. The van der Waals surface area contributed by atoms with Crippen LogP contribution in [0.3, 0.4) is 0 Å². The van der Waals surface area contributed by atoms with Gasteiger partial charge in [0.1, 0.15) is 5.70 Å². The van der Waals surface area contributed by atoms with Crippen LogP contribution in [-0.4, -0.2) is 23.8 Å². The summed E-state index contributed by atoms with van der Waals surface area (Å²) in [6.07, 6.45) is 0. The lowest BCUT2D eigenvalue weighted by molar-refractivity contribution is -0.120. The second-order valence-electron chi connectivity index (χ2n) is 6.62. The molecule has 7 heteroatoms. The molecule has 0 bridgehead atoms. The third-order valence-corrected chi connectivity index (χ3v) is 5.90. The first-order valence-electron chi connectivity index (χ1n) is 8.84. The molecule has 2 aromatic carbocycles. The number of rotatable bonds is 5. The average Bonchev–Trinajstić information content (AvgIpc) is 3.27. The number of imide groups is 1. The molecule has 0 fully saturated rings. The Labute approximate surface area is 182 Å². The second-order valence-corrected chi connectivity index (χ2v) is 8.44. The van der Waals surface area contributed by atoms with Crippen molar-refractivity contribution in [3.63, 3.8) is 0 Å². The van der Waals surface area contributed by atoms with E-state index in [4.69, 9.17) is 23.2 Å². The van der Waals surface area contributed by atoms with Gasteiger partial charge in [0.2, 0.25) is 0 Å². The van der Waals surface area contributed by atoms with Crippen LogP contribution in [0.2, 0.25) is 10.0 Å². The van der Waals surface area contributed by atoms with E-state index in [0.717, 1.165) is 15.3 Å². The van der Waals surface area contributed by atoms with Crippen LogP contribution < -0.4 is 4.90 Å². The van der Waals surface area contributed by atoms with E-state index >= 15 is 0 Å². The van der Waals surface area contributed by atoms with Gasteiger partial charge in [-0.15, -0.1) is 11.3 Å². The normalized spacial score (nSPS) is 14.1. The SMILES string of the molecule is CN(Cc1ccccc1)C1=C(c2cccs2)C(=O)N(c2cc(Cl)cc(Cl)c2)C1=O. The van der Waals surface area contributed by atoms with Crippen LogP contribution in [0, 0.1) is 0 Å². The predicted octanol–water partition coefficient (Wildman–Crippen LogP) is 5.47. The maximum atomic E-state index is 13.4. The van der Waals surface area contributed by atoms with Crippen molar-refractivity contribution in [3.8, 4) is 0 Å². The topological polar surface area (TPSA) is 40.6 Å². The van der Waals surface area contributed by atoms with Crippen molar-refractivity contribution in [1.29, 1.82) is 0 Å². The van der Waals surface area contributed by atoms with E-state index in [9.17, 15) is 9.59 Å². The number of benzene rings is 2. The molecule has 2 heterocycles. The Morgan fingerprint density at radius 3 is 2.24 bits per heavy atom. The van der Waals surface area contributed by atoms with Gasteiger partial charge in [-0.3, -0.25) is 9.59 Å². The summed E-state index contributed by atoms with van der Waals surface area (Å²) in [6.45, 7) is 0.494. The highest BCUT2D eigenvalue weighted by molar-refractivity contribution is 7.11. The van der Waals surface area contributed by atoms with E-state index in [1.54, 1.807) is 18.2 Å². The Bertz CT molecular complexity index is 1090. The van der Waals surface area contributed by atoms with Gasteiger partial charge in [0.15, 0.2) is 0 Å². The van der Waals surface area contributed by atoms with Crippen LogP contribution in [0.15, 0.2) is 71.7 Å². The molecule has 146 valence electrons. The molecule has 0 aliphatic carbocycles. The molecule has 0 radical (unpaired) electrons. The largest absolute Gasteiger partial charge is 0.365 e. The Morgan fingerprint density at radius 1 is 0.931 bits per heavy atom. The number of hydrogen-bond donors (Lipinski definition) is 0. The summed E-state index contributed by atoms with van der Waals surface area (Å²) in [6, 6.07) is 18.2. The summed E-state index contributed by atoms with van der Waals surface area (Å²) in [7, 11) is 1.82. The lowest BCUT2D eigenvalue weighted by atomic mass is 10.1. The molecule has 0 saturated heterocycles. The van der Waals surface area contributed by atoms with E-state index in [1.807, 2.05) is 59.8 Å². The molecule has 0 atom stereocenters. The monoisotopic (exact) mass is 442 g/mol. The van der Waals surface area contributed by atoms with E-state index in [0.29, 0.717) is 33.5 Å². The minimum atomic E-state index is -0.393. The quantitative estimate of drug-likeness (QED) is 0.491. The van der Waals surface area contributed by atoms with Gasteiger partial charge in [0.05, 0.1) is 11.3 Å². The lowest BCUT2D eigenvalue weighted by Gasteiger charge is -2.21. The highest BCUT2D eigenvalue weighted by Gasteiger charge is 2.42. The van der Waals surface area contributed by atoms with Crippen LogP contribution >= 0.6 is 34.5 Å². The average molecular weight is 443 g/mol. The van der Waals surface area contributed by atoms with Crippen LogP contribution in [0.1, 0.15) is 10.4 Å². The minimum Gasteiger partial charge on any atom is -0.365 e. The van der Waals surface area contributed by atoms with Crippen molar-refractivity contribution < 1.29 is 9.59 Å². The molecule has 1 aliphatic rings. The Morgan fingerprint density at radius 2 is 1.62 bits per heavy atom. The molecule has 0 saturated carbocycles. The number of anilines is 1. The van der Waals surface area contributed by atoms with Crippen molar-refractivity contribution in [2.75, 3.05) is 11.9 Å². The zero-order valence-electron chi connectivity index (χ0n) is 15.4. The summed E-state index contributed by atoms with van der Waals surface area (Å²) < 4.78 is 0. The zero-order valence-corrected chi connectivity index (χ0v) is 17.8. The van der Waals surface area contributed by atoms with E-state index in [-0.39, 0.29) is 5.91 Å². The number of nitrogens with zero attached hydrogens (tertiary/aromatic N) is 2. The molecular weight excluding hydrogens is 427 g/mol. The number of likely N-dealkylation sites (N-methyl/N-ethyl adjacent to an activating group) is 1. The number of carbonyl (C=O) groups is 2. The predicted molar refractivity (Wildman–Crippen MR) is 118 cm³/mol. The molecule has 4 nitrogen and oxygen atoms in total. The Kier molecular flexibility index (Phi) is 5.46. The maximum Gasteiger partial charge on any atom is 0.282 e. The van der Waals surface area contributed by atoms with Gasteiger partial charge in [0.25, 0.3) is 11.8 Å². The highest BCUT2D eigenvalue weighted by Crippen LogP contribution is 2.38. The molecule has 2 amide bonds. The third kappa shape index (κ3) is 3.81. The van der Waals surface area contributed by atoms with Crippen molar-refractivity contribution in [2.24, 2.45) is 0 Å². The van der Waals surface area contributed by atoms with Crippen LogP contribution in [-0.2, 0) is 16.1 Å². The van der Waals surface area contributed by atoms with Gasteiger partial charge < -0.3 is 4.90 Å². The second kappa shape index (κ2) is 8.03. The fourth-order valence-corrected chi connectivity index (χ4v) is 4.63. The zero-order chi connectivity index (χ0) is 20.5. The van der Waals surface area contributed by atoms with Crippen LogP contribution in [0.25, 0.3) is 5.57 Å². The number of amides is 2. The standard InChI is InChI=1S/C22H16Cl2N2O2S/c1-25(13-14-6-3-2-4-7-14)20-19(18-8-5-9-29-18)21(27)26(22(20)28)17-11-15(23)10-16(24)12-17/h2-12H,13H2,1H3. The van der Waals surface area contributed by atoms with Gasteiger partial charge in [-0.25, -0.2) is 4.90 Å². The summed E-state index contributed by atoms with van der Waals surface area (Å²) in [4.78, 5) is 30.4. The number of carbonyl (C=O) groups excluding carboxylic acids is 2. The molecular formula is C22H16Cl2N2O2S. The van der Waals surface area contributed by atoms with Gasteiger partial charge >= 0.3 is 0 Å². The fraction of sp³-hybridized carbons (Fsp3) is 0.0909. The van der Waals surface area contributed by atoms with Crippen molar-refractivity contribution >= 4 is 57.6 Å². The van der Waals surface area contributed by atoms with Gasteiger partial charge in [-0.1, -0.05) is 59.6 Å². The number of hydrogen-bond acceptors (Lipinski definition) is 4. The summed E-state index contributed by atoms with van der Waals surface area (Å²) >= 11 is 13.6. The van der Waals surface area contributed by atoms with Gasteiger partial charge in [-0.05, 0) is 35.2 Å². The Balaban J connectivity index is 1.78. The lowest BCUT2D eigenvalue weighted by Crippen LogP contribution is -2.34. The summed E-state index contributed by atoms with van der Waals surface area (Å²) in [5.41, 5.74) is 2.14. The van der Waals surface area contributed by atoms with E-state index in [1.165, 1.54) is 11.3 Å². The van der Waals surface area contributed by atoms with E-state index in [2.05, 4.69) is 0 Å². The molecule has 29 heavy (non-hydrogen) atoms. The molecule has 0 unspecified atom stereocenters. The first kappa shape index (κ1) is 19.7. The van der Waals surface area contributed by atoms with Crippen molar-refractivity contribution in [3.05, 3.63) is 92.2 Å². The molecule has 1 aromatic heterocycles. The molecule has 0 spiro atoms. The maximum absolute atomic E-state index is 13.4.